The maximum absolute atomic E-state index is 13.5. The molecule has 7 nitrogen and oxygen atoms in total. The van der Waals surface area contributed by atoms with Crippen LogP contribution in [0, 0.1) is 20.8 Å². The van der Waals surface area contributed by atoms with Gasteiger partial charge in [-0.25, -0.2) is 9.36 Å². The highest BCUT2D eigenvalue weighted by Gasteiger charge is 2.21. The van der Waals surface area contributed by atoms with Gasteiger partial charge in [0.15, 0.2) is 0 Å². The first kappa shape index (κ1) is 23.5. The molecular weight excluding hydrogens is 450 g/mol. The predicted octanol–water partition coefficient (Wildman–Crippen LogP) is 3.85. The van der Waals surface area contributed by atoms with Crippen LogP contribution in [0.1, 0.15) is 28.5 Å². The Morgan fingerprint density at radius 3 is 2.32 bits per heavy atom. The summed E-state index contributed by atoms with van der Waals surface area (Å²) in [5.41, 5.74) is 2.43. The van der Waals surface area contributed by atoms with Crippen molar-refractivity contribution in [1.82, 2.24) is 14.5 Å². The molecule has 2 aromatic heterocycles. The standard InChI is InChI=1S/C26H27N3O4S/c1-5-33-21-12-10-20(11-13-21)29-24(31)23-17(3)18(4)34-25(23)28(26(29)32)15-22(30)27-14-19-8-6-16(2)7-9-19/h6-13H,5,14-15H2,1-4H3,(H,27,30). The molecule has 1 amide bonds. The van der Waals surface area contributed by atoms with Crippen LogP contribution in [0.4, 0.5) is 0 Å². The first-order chi connectivity index (χ1) is 16.3. The van der Waals surface area contributed by atoms with Gasteiger partial charge in [0.05, 0.1) is 17.7 Å². The topological polar surface area (TPSA) is 82.3 Å². The Morgan fingerprint density at radius 2 is 1.68 bits per heavy atom. The Labute approximate surface area is 201 Å². The number of hydrogen-bond donors (Lipinski definition) is 1. The second-order valence-corrected chi connectivity index (χ2v) is 9.37. The highest BCUT2D eigenvalue weighted by molar-refractivity contribution is 7.18. The zero-order valence-electron chi connectivity index (χ0n) is 19.7. The number of nitrogens with zero attached hydrogens (tertiary/aromatic N) is 2. The van der Waals surface area contributed by atoms with Crippen LogP contribution in [0.25, 0.3) is 15.9 Å². The monoisotopic (exact) mass is 477 g/mol. The number of aromatic nitrogens is 2. The summed E-state index contributed by atoms with van der Waals surface area (Å²) < 4.78 is 7.99. The number of hydrogen-bond acceptors (Lipinski definition) is 5. The van der Waals surface area contributed by atoms with Gasteiger partial charge in [-0.3, -0.25) is 14.2 Å². The van der Waals surface area contributed by atoms with E-state index >= 15 is 0 Å². The van der Waals surface area contributed by atoms with E-state index in [1.54, 1.807) is 24.3 Å². The largest absolute Gasteiger partial charge is 0.494 e. The van der Waals surface area contributed by atoms with E-state index in [0.717, 1.165) is 26.1 Å². The number of fused-ring (bicyclic) bond motifs is 1. The number of carbonyl (C=O) groups is 1. The molecule has 0 aliphatic carbocycles. The molecule has 0 spiro atoms. The van der Waals surface area contributed by atoms with E-state index in [-0.39, 0.29) is 18.0 Å². The number of aryl methyl sites for hydroxylation is 3. The molecule has 4 aromatic rings. The van der Waals surface area contributed by atoms with Crippen molar-refractivity contribution < 1.29 is 9.53 Å². The summed E-state index contributed by atoms with van der Waals surface area (Å²) in [7, 11) is 0. The third-order valence-electron chi connectivity index (χ3n) is 5.77. The molecular formula is C26H27N3O4S. The van der Waals surface area contributed by atoms with Crippen LogP contribution in [0.5, 0.6) is 5.75 Å². The van der Waals surface area contributed by atoms with Gasteiger partial charge in [-0.15, -0.1) is 11.3 Å². The molecule has 8 heteroatoms. The first-order valence-corrected chi connectivity index (χ1v) is 11.9. The molecule has 0 unspecified atom stereocenters. The minimum atomic E-state index is -0.548. The Morgan fingerprint density at radius 1 is 1.00 bits per heavy atom. The lowest BCUT2D eigenvalue weighted by Crippen LogP contribution is -2.41. The third-order valence-corrected chi connectivity index (χ3v) is 7.00. The lowest BCUT2D eigenvalue weighted by atomic mass is 10.1. The summed E-state index contributed by atoms with van der Waals surface area (Å²) in [6.45, 7) is 8.36. The fourth-order valence-electron chi connectivity index (χ4n) is 3.79. The average molecular weight is 478 g/mol. The zero-order chi connectivity index (χ0) is 24.4. The van der Waals surface area contributed by atoms with Crippen molar-refractivity contribution in [3.8, 4) is 11.4 Å². The van der Waals surface area contributed by atoms with Crippen molar-refractivity contribution in [2.45, 2.75) is 40.8 Å². The van der Waals surface area contributed by atoms with E-state index < -0.39 is 5.69 Å². The lowest BCUT2D eigenvalue weighted by Gasteiger charge is -2.13. The molecule has 2 aromatic carbocycles. The average Bonchev–Trinajstić information content (AvgIpc) is 3.12. The highest BCUT2D eigenvalue weighted by Crippen LogP contribution is 2.27. The lowest BCUT2D eigenvalue weighted by molar-refractivity contribution is -0.121. The van der Waals surface area contributed by atoms with Crippen molar-refractivity contribution in [2.24, 2.45) is 0 Å². The molecule has 4 rings (SSSR count). The molecule has 34 heavy (non-hydrogen) atoms. The maximum Gasteiger partial charge on any atom is 0.337 e. The molecule has 0 saturated carbocycles. The number of rotatable bonds is 7. The van der Waals surface area contributed by atoms with Crippen molar-refractivity contribution in [3.63, 3.8) is 0 Å². The summed E-state index contributed by atoms with van der Waals surface area (Å²) >= 11 is 1.35. The van der Waals surface area contributed by atoms with E-state index in [1.165, 1.54) is 15.9 Å². The molecule has 2 heterocycles. The molecule has 0 atom stereocenters. The van der Waals surface area contributed by atoms with Crippen molar-refractivity contribution in [2.75, 3.05) is 6.61 Å². The van der Waals surface area contributed by atoms with Gasteiger partial charge in [0.1, 0.15) is 17.1 Å². The SMILES string of the molecule is CCOc1ccc(-n2c(=O)c3c(C)c(C)sc3n(CC(=O)NCc3ccc(C)cc3)c2=O)cc1. The summed E-state index contributed by atoms with van der Waals surface area (Å²) in [5.74, 6) is 0.350. The van der Waals surface area contributed by atoms with Crippen LogP contribution < -0.4 is 21.3 Å². The van der Waals surface area contributed by atoms with Crippen LogP contribution in [0.15, 0.2) is 58.1 Å². The highest BCUT2D eigenvalue weighted by atomic mass is 32.1. The van der Waals surface area contributed by atoms with Crippen molar-refractivity contribution in [3.05, 3.63) is 90.9 Å². The van der Waals surface area contributed by atoms with Gasteiger partial charge in [-0.2, -0.15) is 0 Å². The number of thiophene rings is 1. The van der Waals surface area contributed by atoms with Gasteiger partial charge < -0.3 is 10.1 Å². The summed E-state index contributed by atoms with van der Waals surface area (Å²) in [4.78, 5) is 41.2. The quantitative estimate of drug-likeness (QED) is 0.438. The number of ether oxygens (including phenoxy) is 1. The normalized spacial score (nSPS) is 11.1. The molecule has 0 saturated heterocycles. The molecule has 0 bridgehead atoms. The van der Waals surface area contributed by atoms with Gasteiger partial charge in [0.2, 0.25) is 5.91 Å². The Hall–Kier alpha value is -3.65. The summed E-state index contributed by atoms with van der Waals surface area (Å²) in [6, 6.07) is 14.7. The van der Waals surface area contributed by atoms with Gasteiger partial charge in [-0.1, -0.05) is 29.8 Å². The van der Waals surface area contributed by atoms with Gasteiger partial charge >= 0.3 is 5.69 Å². The summed E-state index contributed by atoms with van der Waals surface area (Å²) in [6.07, 6.45) is 0. The van der Waals surface area contributed by atoms with Crippen LogP contribution in [-0.4, -0.2) is 21.6 Å². The second-order valence-electron chi connectivity index (χ2n) is 8.16. The van der Waals surface area contributed by atoms with Crippen molar-refractivity contribution in [1.29, 1.82) is 0 Å². The molecule has 176 valence electrons. The molecule has 0 fully saturated rings. The number of amides is 1. The molecule has 0 radical (unpaired) electrons. The van der Waals surface area contributed by atoms with Crippen molar-refractivity contribution >= 4 is 27.5 Å². The fraction of sp³-hybridized carbons (Fsp3) is 0.269. The Bertz CT molecular complexity index is 1460. The Kier molecular flexibility index (Phi) is 6.70. The van der Waals surface area contributed by atoms with Gasteiger partial charge in [-0.05, 0) is 63.1 Å². The van der Waals surface area contributed by atoms with E-state index in [4.69, 9.17) is 4.74 Å². The Balaban J connectivity index is 1.74. The van der Waals surface area contributed by atoms with E-state index in [1.807, 2.05) is 52.0 Å². The minimum absolute atomic E-state index is 0.183. The molecule has 1 N–H and O–H groups in total. The molecule has 0 aliphatic rings. The van der Waals surface area contributed by atoms with Crippen LogP contribution in [0.2, 0.25) is 0 Å². The summed E-state index contributed by atoms with van der Waals surface area (Å²) in [5, 5.41) is 3.34. The molecule has 0 aliphatic heterocycles. The van der Waals surface area contributed by atoms with E-state index in [9.17, 15) is 14.4 Å². The number of nitrogens with one attached hydrogen (secondary N) is 1. The van der Waals surface area contributed by atoms with Gasteiger partial charge in [0, 0.05) is 11.4 Å². The van der Waals surface area contributed by atoms with Gasteiger partial charge in [0.25, 0.3) is 5.56 Å². The second kappa shape index (κ2) is 9.69. The minimum Gasteiger partial charge on any atom is -0.494 e. The van der Waals surface area contributed by atoms with Crippen LogP contribution >= 0.6 is 11.3 Å². The number of carbonyl (C=O) groups excluding carboxylic acids is 1. The smallest absolute Gasteiger partial charge is 0.337 e. The first-order valence-electron chi connectivity index (χ1n) is 11.1. The van der Waals surface area contributed by atoms with Crippen LogP contribution in [-0.2, 0) is 17.9 Å². The third kappa shape index (κ3) is 4.54. The number of benzene rings is 2. The van der Waals surface area contributed by atoms with Crippen LogP contribution in [0.3, 0.4) is 0 Å². The van der Waals surface area contributed by atoms with E-state index in [2.05, 4.69) is 5.32 Å². The maximum atomic E-state index is 13.5. The zero-order valence-corrected chi connectivity index (χ0v) is 20.5. The fourth-order valence-corrected chi connectivity index (χ4v) is 4.93. The predicted molar refractivity (Wildman–Crippen MR) is 135 cm³/mol. The van der Waals surface area contributed by atoms with E-state index in [0.29, 0.717) is 34.8 Å².